The summed E-state index contributed by atoms with van der Waals surface area (Å²) >= 11 is 4.81. The van der Waals surface area contributed by atoms with Crippen LogP contribution in [0.1, 0.15) is 18.5 Å². The second-order valence-corrected chi connectivity index (χ2v) is 7.57. The molecule has 0 aliphatic heterocycles. The summed E-state index contributed by atoms with van der Waals surface area (Å²) in [7, 11) is -2.20. The summed E-state index contributed by atoms with van der Waals surface area (Å²) in [6.07, 6.45) is 0. The van der Waals surface area contributed by atoms with Crippen molar-refractivity contribution in [2.45, 2.75) is 17.9 Å². The van der Waals surface area contributed by atoms with E-state index in [4.69, 9.17) is 4.74 Å². The first kappa shape index (κ1) is 15.5. The fraction of sp³-hybridized carbons (Fsp3) is 0.231. The van der Waals surface area contributed by atoms with Crippen LogP contribution in [0.3, 0.4) is 0 Å². The van der Waals surface area contributed by atoms with Gasteiger partial charge in [-0.15, -0.1) is 0 Å². The summed E-state index contributed by atoms with van der Waals surface area (Å²) in [6.45, 7) is 1.81. The van der Waals surface area contributed by atoms with Crippen LogP contribution in [0, 0.1) is 0 Å². The van der Waals surface area contributed by atoms with Crippen LogP contribution in [0.2, 0.25) is 0 Å². The zero-order valence-corrected chi connectivity index (χ0v) is 14.2. The molecule has 1 heterocycles. The highest BCUT2D eigenvalue weighted by molar-refractivity contribution is 9.10. The van der Waals surface area contributed by atoms with E-state index >= 15 is 0 Å². The number of sulfonamides is 1. The minimum absolute atomic E-state index is 0.122. The van der Waals surface area contributed by atoms with Gasteiger partial charge in [0.1, 0.15) is 10.6 Å². The van der Waals surface area contributed by atoms with Crippen LogP contribution in [0.5, 0.6) is 5.75 Å². The molecule has 1 aromatic heterocycles. The number of nitrogens with one attached hydrogen (secondary N) is 1. The van der Waals surface area contributed by atoms with E-state index in [2.05, 4.69) is 20.7 Å². The van der Waals surface area contributed by atoms with Crippen molar-refractivity contribution >= 4 is 37.3 Å². The van der Waals surface area contributed by atoms with Gasteiger partial charge in [0.25, 0.3) is 0 Å². The Morgan fingerprint density at radius 3 is 2.70 bits per heavy atom. The Bertz CT molecular complexity index is 684. The molecule has 0 aliphatic carbocycles. The Balaban J connectivity index is 2.33. The largest absolute Gasteiger partial charge is 0.495 e. The maximum Gasteiger partial charge on any atom is 0.244 e. The lowest BCUT2D eigenvalue weighted by Gasteiger charge is -2.15. The summed E-state index contributed by atoms with van der Waals surface area (Å²) in [4.78, 5) is 0.122. The first-order valence-corrected chi connectivity index (χ1v) is 9.04. The summed E-state index contributed by atoms with van der Waals surface area (Å²) in [6, 6.07) is 6.49. The molecule has 20 heavy (non-hydrogen) atoms. The van der Waals surface area contributed by atoms with E-state index in [9.17, 15) is 8.42 Å². The number of thiophene rings is 1. The number of halogens is 1. The Kier molecular flexibility index (Phi) is 4.85. The summed E-state index contributed by atoms with van der Waals surface area (Å²) in [5.41, 5.74) is 0.938. The van der Waals surface area contributed by atoms with Gasteiger partial charge in [-0.25, -0.2) is 13.1 Å². The highest BCUT2D eigenvalue weighted by Crippen LogP contribution is 2.28. The first-order chi connectivity index (χ1) is 9.44. The Morgan fingerprint density at radius 1 is 1.35 bits per heavy atom. The molecule has 1 aromatic carbocycles. The minimum Gasteiger partial charge on any atom is -0.495 e. The van der Waals surface area contributed by atoms with E-state index in [1.54, 1.807) is 12.1 Å². The third-order valence-corrected chi connectivity index (χ3v) is 5.55. The number of methoxy groups -OCH3 is 1. The van der Waals surface area contributed by atoms with Crippen molar-refractivity contribution in [3.8, 4) is 5.75 Å². The fourth-order valence-corrected chi connectivity index (χ4v) is 4.44. The number of ether oxygens (including phenoxy) is 1. The Labute approximate surface area is 131 Å². The van der Waals surface area contributed by atoms with Gasteiger partial charge in [0.05, 0.1) is 7.11 Å². The van der Waals surface area contributed by atoms with Crippen molar-refractivity contribution in [3.63, 3.8) is 0 Å². The zero-order valence-electron chi connectivity index (χ0n) is 11.0. The van der Waals surface area contributed by atoms with Gasteiger partial charge in [-0.1, -0.05) is 15.9 Å². The topological polar surface area (TPSA) is 55.4 Å². The standard InChI is InChI=1S/C13H14BrNO3S2/c1-9(10-5-6-19-8-10)15-20(16,17)13-7-11(14)3-4-12(13)18-2/h3-9,15H,1-2H3. The summed E-state index contributed by atoms with van der Waals surface area (Å²) < 4.78 is 33.4. The molecular weight excluding hydrogens is 362 g/mol. The lowest BCUT2D eigenvalue weighted by atomic mass is 10.2. The van der Waals surface area contributed by atoms with Crippen LogP contribution < -0.4 is 9.46 Å². The predicted octanol–water partition coefficient (Wildman–Crippen LogP) is 3.56. The van der Waals surface area contributed by atoms with Crippen LogP contribution in [0.15, 0.2) is 44.4 Å². The normalized spacial score (nSPS) is 13.2. The first-order valence-electron chi connectivity index (χ1n) is 5.82. The molecule has 0 aliphatic rings. The molecule has 0 fully saturated rings. The van der Waals surface area contributed by atoms with Gasteiger partial charge in [0.2, 0.25) is 10.0 Å². The average molecular weight is 376 g/mol. The van der Waals surface area contributed by atoms with Gasteiger partial charge in [-0.05, 0) is 47.5 Å². The van der Waals surface area contributed by atoms with Crippen LogP contribution >= 0.6 is 27.3 Å². The van der Waals surface area contributed by atoms with Gasteiger partial charge in [0.15, 0.2) is 0 Å². The monoisotopic (exact) mass is 375 g/mol. The van der Waals surface area contributed by atoms with Crippen LogP contribution in [-0.2, 0) is 10.0 Å². The Hall–Kier alpha value is -0.890. The highest BCUT2D eigenvalue weighted by Gasteiger charge is 2.22. The molecule has 1 N–H and O–H groups in total. The quantitative estimate of drug-likeness (QED) is 0.868. The van der Waals surface area contributed by atoms with E-state index in [0.717, 1.165) is 5.56 Å². The third kappa shape index (κ3) is 3.41. The van der Waals surface area contributed by atoms with Crippen molar-refractivity contribution in [2.75, 3.05) is 7.11 Å². The van der Waals surface area contributed by atoms with Gasteiger partial charge in [-0.3, -0.25) is 0 Å². The Morgan fingerprint density at radius 2 is 2.10 bits per heavy atom. The SMILES string of the molecule is COc1ccc(Br)cc1S(=O)(=O)NC(C)c1ccsc1. The number of hydrogen-bond donors (Lipinski definition) is 1. The molecule has 2 rings (SSSR count). The molecule has 0 saturated carbocycles. The summed E-state index contributed by atoms with van der Waals surface area (Å²) in [5.74, 6) is 0.318. The molecule has 108 valence electrons. The van der Waals surface area contributed by atoms with E-state index in [0.29, 0.717) is 10.2 Å². The van der Waals surface area contributed by atoms with E-state index in [1.807, 2.05) is 23.8 Å². The maximum absolute atomic E-state index is 12.5. The molecule has 1 atom stereocenters. The van der Waals surface area contributed by atoms with Crippen molar-refractivity contribution in [1.82, 2.24) is 4.72 Å². The van der Waals surface area contributed by atoms with E-state index in [1.165, 1.54) is 24.5 Å². The molecule has 2 aromatic rings. The lowest BCUT2D eigenvalue weighted by molar-refractivity contribution is 0.402. The molecule has 1 unspecified atom stereocenters. The minimum atomic E-state index is -3.65. The fourth-order valence-electron chi connectivity index (χ4n) is 1.75. The van der Waals surface area contributed by atoms with Gasteiger partial charge < -0.3 is 4.74 Å². The highest BCUT2D eigenvalue weighted by atomic mass is 79.9. The van der Waals surface area contributed by atoms with E-state index < -0.39 is 10.0 Å². The molecule has 0 saturated heterocycles. The van der Waals surface area contributed by atoms with Crippen LogP contribution in [0.25, 0.3) is 0 Å². The van der Waals surface area contributed by atoms with Crippen molar-refractivity contribution in [2.24, 2.45) is 0 Å². The molecule has 4 nitrogen and oxygen atoms in total. The van der Waals surface area contributed by atoms with Gasteiger partial charge >= 0.3 is 0 Å². The zero-order chi connectivity index (χ0) is 14.8. The van der Waals surface area contributed by atoms with Crippen LogP contribution in [0.4, 0.5) is 0 Å². The third-order valence-electron chi connectivity index (χ3n) is 2.79. The second kappa shape index (κ2) is 6.26. The van der Waals surface area contributed by atoms with Crippen LogP contribution in [-0.4, -0.2) is 15.5 Å². The van der Waals surface area contributed by atoms with Crippen molar-refractivity contribution in [3.05, 3.63) is 45.1 Å². The predicted molar refractivity (Wildman–Crippen MR) is 83.7 cm³/mol. The van der Waals surface area contributed by atoms with Crippen molar-refractivity contribution < 1.29 is 13.2 Å². The van der Waals surface area contributed by atoms with Gasteiger partial charge in [0, 0.05) is 10.5 Å². The second-order valence-electron chi connectivity index (χ2n) is 4.19. The smallest absolute Gasteiger partial charge is 0.244 e. The number of rotatable bonds is 5. The van der Waals surface area contributed by atoms with Gasteiger partial charge in [-0.2, -0.15) is 11.3 Å². The number of hydrogen-bond acceptors (Lipinski definition) is 4. The molecule has 7 heteroatoms. The number of benzene rings is 1. The average Bonchev–Trinajstić information content (AvgIpc) is 2.92. The molecule has 0 radical (unpaired) electrons. The molecule has 0 amide bonds. The molecule has 0 spiro atoms. The molecule has 0 bridgehead atoms. The lowest BCUT2D eigenvalue weighted by Crippen LogP contribution is -2.27. The van der Waals surface area contributed by atoms with E-state index in [-0.39, 0.29) is 10.9 Å². The molecular formula is C13H14BrNO3S2. The van der Waals surface area contributed by atoms with Crippen molar-refractivity contribution in [1.29, 1.82) is 0 Å². The maximum atomic E-state index is 12.5. The summed E-state index contributed by atoms with van der Waals surface area (Å²) in [5, 5.41) is 3.84.